The highest BCUT2D eigenvalue weighted by Crippen LogP contribution is 2.27. The third-order valence-corrected chi connectivity index (χ3v) is 3.40. The van der Waals surface area contributed by atoms with Gasteiger partial charge in [0.15, 0.2) is 11.6 Å². The third kappa shape index (κ3) is 5.70. The quantitative estimate of drug-likeness (QED) is 0.445. The maximum atomic E-state index is 14.1. The average molecular weight is 330 g/mol. The Balaban J connectivity index is 1.85. The fraction of sp³-hybridized carbons (Fsp3) is 0.300. The van der Waals surface area contributed by atoms with Crippen molar-refractivity contribution in [2.45, 2.75) is 19.8 Å². The highest BCUT2D eigenvalue weighted by atomic mass is 19.1. The van der Waals surface area contributed by atoms with Gasteiger partial charge in [0.2, 0.25) is 0 Å². The van der Waals surface area contributed by atoms with E-state index in [0.717, 1.165) is 6.42 Å². The van der Waals surface area contributed by atoms with Crippen molar-refractivity contribution in [3.63, 3.8) is 0 Å². The molecule has 0 spiro atoms. The smallest absolute Gasteiger partial charge is 0.168 e. The Hall–Kier alpha value is -2.33. The summed E-state index contributed by atoms with van der Waals surface area (Å²) in [6.07, 6.45) is 3.35. The molecule has 0 aromatic heterocycles. The summed E-state index contributed by atoms with van der Waals surface area (Å²) in [7, 11) is 0. The lowest BCUT2D eigenvalue weighted by Gasteiger charge is -2.10. The molecule has 4 heteroatoms. The highest BCUT2D eigenvalue weighted by Gasteiger charge is 2.06. The summed E-state index contributed by atoms with van der Waals surface area (Å²) < 4.78 is 30.4. The zero-order chi connectivity index (χ0) is 17.2. The Morgan fingerprint density at radius 1 is 1.04 bits per heavy atom. The molecule has 0 saturated carbocycles. The van der Waals surface area contributed by atoms with E-state index < -0.39 is 5.82 Å². The molecule has 0 unspecified atom stereocenters. The van der Waals surface area contributed by atoms with Crippen LogP contribution >= 0.6 is 0 Å². The molecule has 2 rings (SSSR count). The summed E-state index contributed by atoms with van der Waals surface area (Å²) >= 11 is 0. The first-order valence-corrected chi connectivity index (χ1v) is 8.10. The van der Waals surface area contributed by atoms with Crippen LogP contribution in [0.25, 0.3) is 0 Å². The van der Waals surface area contributed by atoms with Gasteiger partial charge in [0.05, 0.1) is 19.8 Å². The van der Waals surface area contributed by atoms with Crippen molar-refractivity contribution >= 4 is 0 Å². The van der Waals surface area contributed by atoms with Gasteiger partial charge >= 0.3 is 0 Å². The van der Waals surface area contributed by atoms with E-state index in [1.54, 1.807) is 18.2 Å². The number of aryl methyl sites for hydroxylation is 1. The van der Waals surface area contributed by atoms with Gasteiger partial charge in [-0.1, -0.05) is 25.1 Å². The van der Waals surface area contributed by atoms with Crippen LogP contribution in [0.1, 0.15) is 18.9 Å². The minimum atomic E-state index is -0.440. The van der Waals surface area contributed by atoms with Gasteiger partial charge in [-0.2, -0.15) is 0 Å². The summed E-state index contributed by atoms with van der Waals surface area (Å²) in [6.45, 7) is 7.13. The predicted octanol–water partition coefficient (Wildman–Crippen LogP) is 5.15. The second-order valence-corrected chi connectivity index (χ2v) is 5.26. The molecule has 0 N–H and O–H groups in total. The van der Waals surface area contributed by atoms with E-state index >= 15 is 0 Å². The van der Waals surface area contributed by atoms with E-state index in [0.29, 0.717) is 37.7 Å². The molecule has 0 aliphatic carbocycles. The fourth-order valence-corrected chi connectivity index (χ4v) is 2.10. The molecule has 0 radical (unpaired) electrons. The number of ether oxygens (including phenoxy) is 3. The first-order valence-electron chi connectivity index (χ1n) is 8.10. The normalized spacial score (nSPS) is 10.4. The van der Waals surface area contributed by atoms with Crippen molar-refractivity contribution in [2.75, 3.05) is 19.8 Å². The number of rotatable bonds is 10. The van der Waals surface area contributed by atoms with Gasteiger partial charge < -0.3 is 14.2 Å². The summed E-state index contributed by atoms with van der Waals surface area (Å²) in [5.74, 6) is 0.898. The van der Waals surface area contributed by atoms with Crippen LogP contribution in [0.15, 0.2) is 55.1 Å². The minimum absolute atomic E-state index is 0.215. The summed E-state index contributed by atoms with van der Waals surface area (Å²) in [5.41, 5.74) is 1.23. The lowest BCUT2D eigenvalue weighted by Crippen LogP contribution is -2.04. The predicted molar refractivity (Wildman–Crippen MR) is 93.4 cm³/mol. The first kappa shape index (κ1) is 18.0. The fourth-order valence-electron chi connectivity index (χ4n) is 2.10. The molecule has 0 heterocycles. The largest absolute Gasteiger partial charge is 0.490 e. The van der Waals surface area contributed by atoms with E-state index in [9.17, 15) is 4.39 Å². The van der Waals surface area contributed by atoms with Crippen LogP contribution in [0.2, 0.25) is 0 Å². The number of benzene rings is 2. The molecule has 128 valence electrons. The van der Waals surface area contributed by atoms with Crippen molar-refractivity contribution in [1.29, 1.82) is 0 Å². The lowest BCUT2D eigenvalue weighted by atomic mass is 10.2. The Kier molecular flexibility index (Phi) is 7.30. The molecule has 0 aliphatic heterocycles. The molecule has 0 saturated heterocycles. The van der Waals surface area contributed by atoms with E-state index in [1.807, 2.05) is 24.3 Å². The SMILES string of the molecule is C=CCOCCCOc1ccc(Oc2ccc(CC)cc2)cc1F. The van der Waals surface area contributed by atoms with Crippen molar-refractivity contribution in [3.05, 3.63) is 66.5 Å². The van der Waals surface area contributed by atoms with Crippen molar-refractivity contribution < 1.29 is 18.6 Å². The Bertz CT molecular complexity index is 638. The van der Waals surface area contributed by atoms with Crippen LogP contribution in [0, 0.1) is 5.82 Å². The molecule has 2 aromatic rings. The summed E-state index contributed by atoms with van der Waals surface area (Å²) in [6, 6.07) is 12.4. The van der Waals surface area contributed by atoms with Crippen molar-refractivity contribution in [1.82, 2.24) is 0 Å². The minimum Gasteiger partial charge on any atom is -0.490 e. The Labute approximate surface area is 142 Å². The van der Waals surface area contributed by atoms with Crippen molar-refractivity contribution in [2.24, 2.45) is 0 Å². The second-order valence-electron chi connectivity index (χ2n) is 5.26. The lowest BCUT2D eigenvalue weighted by molar-refractivity contribution is 0.142. The molecule has 2 aromatic carbocycles. The van der Waals surface area contributed by atoms with Gasteiger partial charge in [0, 0.05) is 12.5 Å². The van der Waals surface area contributed by atoms with Crippen LogP contribution < -0.4 is 9.47 Å². The average Bonchev–Trinajstić information content (AvgIpc) is 2.60. The molecule has 3 nitrogen and oxygen atoms in total. The van der Waals surface area contributed by atoms with Crippen LogP contribution in [0.5, 0.6) is 17.2 Å². The third-order valence-electron chi connectivity index (χ3n) is 3.40. The summed E-state index contributed by atoms with van der Waals surface area (Å²) in [5, 5.41) is 0. The zero-order valence-electron chi connectivity index (χ0n) is 14.0. The molecule has 24 heavy (non-hydrogen) atoms. The molecule has 0 atom stereocenters. The Morgan fingerprint density at radius 2 is 1.79 bits per heavy atom. The maximum absolute atomic E-state index is 14.1. The highest BCUT2D eigenvalue weighted by molar-refractivity contribution is 5.37. The topological polar surface area (TPSA) is 27.7 Å². The van der Waals surface area contributed by atoms with Crippen LogP contribution in [0.4, 0.5) is 4.39 Å². The zero-order valence-corrected chi connectivity index (χ0v) is 14.0. The first-order chi connectivity index (χ1) is 11.7. The molecular weight excluding hydrogens is 307 g/mol. The van der Waals surface area contributed by atoms with Crippen molar-refractivity contribution in [3.8, 4) is 17.2 Å². The maximum Gasteiger partial charge on any atom is 0.168 e. The van der Waals surface area contributed by atoms with E-state index in [-0.39, 0.29) is 5.75 Å². The number of hydrogen-bond acceptors (Lipinski definition) is 3. The number of hydrogen-bond donors (Lipinski definition) is 0. The molecule has 0 fully saturated rings. The van der Waals surface area contributed by atoms with Crippen LogP contribution in [0.3, 0.4) is 0 Å². The van der Waals surface area contributed by atoms with Gasteiger partial charge in [0.25, 0.3) is 0 Å². The van der Waals surface area contributed by atoms with Crippen LogP contribution in [-0.4, -0.2) is 19.8 Å². The van der Waals surface area contributed by atoms with Gasteiger partial charge in [0.1, 0.15) is 11.5 Å². The standard InChI is InChI=1S/C20H23FO3/c1-3-12-22-13-5-14-23-20-11-10-18(15-19(20)21)24-17-8-6-16(4-2)7-9-17/h3,6-11,15H,1,4-5,12-14H2,2H3. The molecule has 0 aliphatic rings. The second kappa shape index (κ2) is 9.73. The van der Waals surface area contributed by atoms with E-state index in [1.165, 1.54) is 11.6 Å². The number of halogens is 1. The van der Waals surface area contributed by atoms with Gasteiger partial charge in [-0.3, -0.25) is 0 Å². The molecule has 0 amide bonds. The van der Waals surface area contributed by atoms with E-state index in [2.05, 4.69) is 13.5 Å². The van der Waals surface area contributed by atoms with Gasteiger partial charge in [-0.25, -0.2) is 4.39 Å². The van der Waals surface area contributed by atoms with Gasteiger partial charge in [-0.15, -0.1) is 6.58 Å². The van der Waals surface area contributed by atoms with Crippen LogP contribution in [-0.2, 0) is 11.2 Å². The summed E-state index contributed by atoms with van der Waals surface area (Å²) in [4.78, 5) is 0. The molecular formula is C20H23FO3. The van der Waals surface area contributed by atoms with Gasteiger partial charge in [-0.05, 0) is 36.2 Å². The molecule has 0 bridgehead atoms. The Morgan fingerprint density at radius 3 is 2.46 bits per heavy atom. The van der Waals surface area contributed by atoms with E-state index in [4.69, 9.17) is 14.2 Å². The monoisotopic (exact) mass is 330 g/mol.